The molecule has 0 bridgehead atoms. The number of carbonyl (C=O) groups is 1. The average molecular weight is 367 g/mol. The molecule has 0 aliphatic heterocycles. The lowest BCUT2D eigenvalue weighted by atomic mass is 10.0. The second-order valence-electron chi connectivity index (χ2n) is 7.15. The first-order valence-corrected chi connectivity index (χ1v) is 9.68. The smallest absolute Gasteiger partial charge is 0.220 e. The molecule has 1 atom stereocenters. The zero-order valence-electron chi connectivity index (χ0n) is 14.7. The molecule has 3 aromatic rings. The van der Waals surface area contributed by atoms with Gasteiger partial charge in [0, 0.05) is 28.5 Å². The van der Waals surface area contributed by atoms with Crippen molar-refractivity contribution < 1.29 is 4.79 Å². The summed E-state index contributed by atoms with van der Waals surface area (Å²) in [6.07, 6.45) is 6.74. The van der Waals surface area contributed by atoms with Crippen molar-refractivity contribution >= 4 is 28.4 Å². The summed E-state index contributed by atoms with van der Waals surface area (Å²) in [5, 5.41) is 5.23. The Balaban J connectivity index is 1.33. The molecule has 2 N–H and O–H groups in total. The van der Waals surface area contributed by atoms with Gasteiger partial charge >= 0.3 is 0 Å². The fourth-order valence-corrected chi connectivity index (χ4v) is 3.72. The number of aromatic nitrogens is 1. The van der Waals surface area contributed by atoms with Crippen LogP contribution in [0, 0.1) is 5.92 Å². The zero-order chi connectivity index (χ0) is 17.9. The lowest BCUT2D eigenvalue weighted by molar-refractivity contribution is -0.122. The summed E-state index contributed by atoms with van der Waals surface area (Å²) in [6, 6.07) is 16.3. The number of amides is 1. The van der Waals surface area contributed by atoms with Crippen LogP contribution in [0.15, 0.2) is 54.7 Å². The van der Waals surface area contributed by atoms with Gasteiger partial charge in [-0.2, -0.15) is 0 Å². The van der Waals surface area contributed by atoms with Crippen LogP contribution in [0.1, 0.15) is 42.9 Å². The molecular weight excluding hydrogens is 344 g/mol. The van der Waals surface area contributed by atoms with Crippen LogP contribution in [0.5, 0.6) is 0 Å². The zero-order valence-corrected chi connectivity index (χ0v) is 15.4. The number of rotatable bonds is 7. The van der Waals surface area contributed by atoms with E-state index in [2.05, 4.69) is 34.7 Å². The minimum Gasteiger partial charge on any atom is -0.361 e. The molecule has 0 saturated heterocycles. The predicted molar refractivity (Wildman–Crippen MR) is 106 cm³/mol. The monoisotopic (exact) mass is 366 g/mol. The van der Waals surface area contributed by atoms with E-state index in [9.17, 15) is 4.79 Å². The lowest BCUT2D eigenvalue weighted by Gasteiger charge is -2.19. The van der Waals surface area contributed by atoms with Crippen LogP contribution < -0.4 is 5.32 Å². The fourth-order valence-electron chi connectivity index (χ4n) is 3.60. The summed E-state index contributed by atoms with van der Waals surface area (Å²) in [5.41, 5.74) is 3.59. The summed E-state index contributed by atoms with van der Waals surface area (Å²) >= 11 is 5.99. The lowest BCUT2D eigenvalue weighted by Crippen LogP contribution is -2.29. The van der Waals surface area contributed by atoms with Gasteiger partial charge in [0.25, 0.3) is 0 Å². The highest BCUT2D eigenvalue weighted by molar-refractivity contribution is 6.30. The number of benzene rings is 2. The number of carbonyl (C=O) groups excluding carboxylic acids is 1. The molecule has 1 fully saturated rings. The first kappa shape index (κ1) is 17.2. The largest absolute Gasteiger partial charge is 0.361 e. The van der Waals surface area contributed by atoms with E-state index in [0.717, 1.165) is 28.9 Å². The Morgan fingerprint density at radius 2 is 1.92 bits per heavy atom. The maximum Gasteiger partial charge on any atom is 0.220 e. The number of nitrogens with one attached hydrogen (secondary N) is 2. The van der Waals surface area contributed by atoms with Gasteiger partial charge in [-0.1, -0.05) is 41.9 Å². The normalized spacial score (nSPS) is 15.1. The van der Waals surface area contributed by atoms with Crippen molar-refractivity contribution in [3.05, 3.63) is 70.9 Å². The number of aryl methyl sites for hydroxylation is 1. The van der Waals surface area contributed by atoms with Crippen molar-refractivity contribution in [2.75, 3.05) is 0 Å². The van der Waals surface area contributed by atoms with E-state index >= 15 is 0 Å². The van der Waals surface area contributed by atoms with E-state index in [-0.39, 0.29) is 11.9 Å². The number of hydrogen-bond acceptors (Lipinski definition) is 1. The van der Waals surface area contributed by atoms with Crippen LogP contribution in [0.25, 0.3) is 10.9 Å². The van der Waals surface area contributed by atoms with E-state index in [1.54, 1.807) is 0 Å². The third-order valence-electron chi connectivity index (χ3n) is 5.16. The Kier molecular flexibility index (Phi) is 4.98. The molecule has 3 nitrogen and oxygen atoms in total. The number of fused-ring (bicyclic) bond motifs is 1. The number of para-hydroxylation sites is 1. The molecule has 1 aromatic heterocycles. The molecule has 134 valence electrons. The van der Waals surface area contributed by atoms with Crippen molar-refractivity contribution in [3.63, 3.8) is 0 Å². The van der Waals surface area contributed by atoms with E-state index < -0.39 is 0 Å². The highest BCUT2D eigenvalue weighted by Crippen LogP contribution is 2.41. The average Bonchev–Trinajstić information content (AvgIpc) is 3.42. The molecule has 0 spiro atoms. The Morgan fingerprint density at radius 3 is 2.69 bits per heavy atom. The van der Waals surface area contributed by atoms with Gasteiger partial charge in [0.05, 0.1) is 6.04 Å². The molecule has 1 amide bonds. The van der Waals surface area contributed by atoms with Crippen LogP contribution in [0.4, 0.5) is 0 Å². The Labute approximate surface area is 158 Å². The molecule has 1 aliphatic rings. The molecule has 0 radical (unpaired) electrons. The number of halogens is 1. The maximum absolute atomic E-state index is 12.5. The molecule has 4 heteroatoms. The van der Waals surface area contributed by atoms with Gasteiger partial charge in [-0.05, 0) is 60.9 Å². The van der Waals surface area contributed by atoms with Crippen molar-refractivity contribution in [1.29, 1.82) is 0 Å². The van der Waals surface area contributed by atoms with Crippen LogP contribution in [-0.4, -0.2) is 10.9 Å². The summed E-state index contributed by atoms with van der Waals surface area (Å²) in [5.74, 6) is 0.699. The summed E-state index contributed by atoms with van der Waals surface area (Å²) < 4.78 is 0. The summed E-state index contributed by atoms with van der Waals surface area (Å²) in [6.45, 7) is 0. The number of aromatic amines is 1. The maximum atomic E-state index is 12.5. The molecule has 4 rings (SSSR count). The van der Waals surface area contributed by atoms with Crippen LogP contribution in [0.2, 0.25) is 5.02 Å². The third-order valence-corrected chi connectivity index (χ3v) is 5.42. The van der Waals surface area contributed by atoms with Gasteiger partial charge in [-0.15, -0.1) is 0 Å². The van der Waals surface area contributed by atoms with Crippen LogP contribution in [-0.2, 0) is 11.2 Å². The minimum absolute atomic E-state index is 0.118. The van der Waals surface area contributed by atoms with Crippen molar-refractivity contribution in [2.24, 2.45) is 5.92 Å². The van der Waals surface area contributed by atoms with E-state index in [0.29, 0.717) is 12.3 Å². The first-order valence-electron chi connectivity index (χ1n) is 9.30. The highest BCUT2D eigenvalue weighted by atomic mass is 35.5. The topological polar surface area (TPSA) is 44.9 Å². The van der Waals surface area contributed by atoms with E-state index in [1.165, 1.54) is 23.8 Å². The molecule has 1 heterocycles. The van der Waals surface area contributed by atoms with Crippen molar-refractivity contribution in [2.45, 2.75) is 38.1 Å². The quantitative estimate of drug-likeness (QED) is 0.576. The minimum atomic E-state index is 0.118. The van der Waals surface area contributed by atoms with Crippen molar-refractivity contribution in [1.82, 2.24) is 10.3 Å². The number of hydrogen-bond donors (Lipinski definition) is 2. The Morgan fingerprint density at radius 1 is 1.15 bits per heavy atom. The SMILES string of the molecule is O=C(CCCc1c[nH]c2ccccc12)NC(c1ccc(Cl)cc1)C1CC1. The third kappa shape index (κ3) is 3.94. The summed E-state index contributed by atoms with van der Waals surface area (Å²) in [7, 11) is 0. The Hall–Kier alpha value is -2.26. The second kappa shape index (κ2) is 7.55. The molecule has 26 heavy (non-hydrogen) atoms. The summed E-state index contributed by atoms with van der Waals surface area (Å²) in [4.78, 5) is 15.8. The highest BCUT2D eigenvalue weighted by Gasteiger charge is 2.33. The molecular formula is C22H23ClN2O. The molecule has 1 unspecified atom stereocenters. The van der Waals surface area contributed by atoms with E-state index in [1.807, 2.05) is 30.3 Å². The van der Waals surface area contributed by atoms with Crippen LogP contribution >= 0.6 is 11.6 Å². The van der Waals surface area contributed by atoms with Gasteiger partial charge in [0.2, 0.25) is 5.91 Å². The predicted octanol–water partition coefficient (Wildman–Crippen LogP) is 5.41. The first-order chi connectivity index (χ1) is 12.7. The standard InChI is InChI=1S/C22H23ClN2O/c23-18-12-10-16(11-13-18)22(15-8-9-15)25-21(26)7-3-4-17-14-24-20-6-2-1-5-19(17)20/h1-2,5-6,10-15,22,24H,3-4,7-9H2,(H,25,26). The van der Waals surface area contributed by atoms with Gasteiger partial charge < -0.3 is 10.3 Å². The van der Waals surface area contributed by atoms with E-state index in [4.69, 9.17) is 11.6 Å². The van der Waals surface area contributed by atoms with Crippen LogP contribution in [0.3, 0.4) is 0 Å². The van der Waals surface area contributed by atoms with Gasteiger partial charge in [-0.3, -0.25) is 4.79 Å². The van der Waals surface area contributed by atoms with Gasteiger partial charge in [0.15, 0.2) is 0 Å². The second-order valence-corrected chi connectivity index (χ2v) is 7.58. The molecule has 2 aromatic carbocycles. The molecule has 1 aliphatic carbocycles. The number of H-pyrrole nitrogens is 1. The Bertz CT molecular complexity index is 896. The van der Waals surface area contributed by atoms with Gasteiger partial charge in [-0.25, -0.2) is 0 Å². The molecule has 1 saturated carbocycles. The van der Waals surface area contributed by atoms with Crippen molar-refractivity contribution in [3.8, 4) is 0 Å². The fraction of sp³-hybridized carbons (Fsp3) is 0.318. The van der Waals surface area contributed by atoms with Gasteiger partial charge in [0.1, 0.15) is 0 Å².